The summed E-state index contributed by atoms with van der Waals surface area (Å²) in [6, 6.07) is 3.61. The number of aromatic nitrogens is 1. The van der Waals surface area contributed by atoms with Crippen molar-refractivity contribution >= 4 is 17.9 Å². The molecule has 6 nitrogen and oxygen atoms in total. The molecule has 1 aliphatic carbocycles. The standard InChI is InChI=1S/C18H26N2O4/c1-18(2,3)24-17(22)20-16-13(7-6-12-19-16)10-11-15(21)23-14-8-4-5-9-14/h6-7,12,14H,4-5,8-11H2,1-3H3,(H,19,20,22). The number of aryl methyl sites for hydroxylation is 1. The molecule has 1 fully saturated rings. The monoisotopic (exact) mass is 334 g/mol. The Morgan fingerprint density at radius 1 is 1.29 bits per heavy atom. The highest BCUT2D eigenvalue weighted by Crippen LogP contribution is 2.22. The number of nitrogens with one attached hydrogen (secondary N) is 1. The molecule has 0 unspecified atom stereocenters. The summed E-state index contributed by atoms with van der Waals surface area (Å²) in [7, 11) is 0. The maximum absolute atomic E-state index is 11.9. The van der Waals surface area contributed by atoms with E-state index in [1.54, 1.807) is 33.0 Å². The molecule has 0 spiro atoms. The number of esters is 1. The van der Waals surface area contributed by atoms with E-state index < -0.39 is 11.7 Å². The van der Waals surface area contributed by atoms with Crippen molar-refractivity contribution in [3.8, 4) is 0 Å². The molecule has 0 radical (unpaired) electrons. The number of ether oxygens (including phenoxy) is 2. The molecule has 1 amide bonds. The van der Waals surface area contributed by atoms with Crippen LogP contribution in [0.2, 0.25) is 0 Å². The Kier molecular flexibility index (Phi) is 6.17. The Bertz CT molecular complexity index is 575. The summed E-state index contributed by atoms with van der Waals surface area (Å²) in [6.45, 7) is 5.39. The second-order valence-electron chi connectivity index (χ2n) is 7.03. The van der Waals surface area contributed by atoms with Gasteiger partial charge in [-0.1, -0.05) is 6.07 Å². The Labute approximate surface area is 142 Å². The maximum Gasteiger partial charge on any atom is 0.413 e. The lowest BCUT2D eigenvalue weighted by molar-refractivity contribution is -0.148. The Hall–Kier alpha value is -2.11. The van der Waals surface area contributed by atoms with Crippen LogP contribution < -0.4 is 5.32 Å². The molecule has 1 heterocycles. The van der Waals surface area contributed by atoms with Crippen molar-refractivity contribution in [1.29, 1.82) is 0 Å². The molecular weight excluding hydrogens is 308 g/mol. The predicted octanol–water partition coefficient (Wildman–Crippen LogP) is 3.85. The molecule has 0 aromatic carbocycles. The van der Waals surface area contributed by atoms with Crippen LogP contribution in [0.15, 0.2) is 18.3 Å². The Balaban J connectivity index is 1.88. The smallest absolute Gasteiger partial charge is 0.413 e. The van der Waals surface area contributed by atoms with Gasteiger partial charge >= 0.3 is 12.1 Å². The molecule has 24 heavy (non-hydrogen) atoms. The van der Waals surface area contributed by atoms with Crippen LogP contribution in [0.5, 0.6) is 0 Å². The summed E-state index contributed by atoms with van der Waals surface area (Å²) in [4.78, 5) is 28.0. The van der Waals surface area contributed by atoms with Crippen LogP contribution in [0.25, 0.3) is 0 Å². The lowest BCUT2D eigenvalue weighted by Crippen LogP contribution is -2.27. The van der Waals surface area contributed by atoms with Gasteiger partial charge in [0.1, 0.15) is 17.5 Å². The molecule has 0 bridgehead atoms. The summed E-state index contributed by atoms with van der Waals surface area (Å²) in [5.74, 6) is 0.217. The first-order valence-electron chi connectivity index (χ1n) is 8.47. The summed E-state index contributed by atoms with van der Waals surface area (Å²) >= 11 is 0. The fourth-order valence-corrected chi connectivity index (χ4v) is 2.64. The van der Waals surface area contributed by atoms with E-state index in [1.165, 1.54) is 0 Å². The van der Waals surface area contributed by atoms with Crippen LogP contribution >= 0.6 is 0 Å². The normalized spacial score (nSPS) is 15.1. The third-order valence-corrected chi connectivity index (χ3v) is 3.71. The van der Waals surface area contributed by atoms with Gasteiger partial charge in [0.05, 0.1) is 0 Å². The van der Waals surface area contributed by atoms with E-state index in [-0.39, 0.29) is 18.5 Å². The summed E-state index contributed by atoms with van der Waals surface area (Å²) in [5, 5.41) is 2.64. The van der Waals surface area contributed by atoms with E-state index in [1.807, 2.05) is 6.07 Å². The molecule has 132 valence electrons. The third-order valence-electron chi connectivity index (χ3n) is 3.71. The van der Waals surface area contributed by atoms with Crippen LogP contribution in [0.4, 0.5) is 10.6 Å². The summed E-state index contributed by atoms with van der Waals surface area (Å²) < 4.78 is 10.7. The highest BCUT2D eigenvalue weighted by molar-refractivity contribution is 5.84. The summed E-state index contributed by atoms with van der Waals surface area (Å²) in [6.07, 6.45) is 6.02. The number of amides is 1. The van der Waals surface area contributed by atoms with Crippen molar-refractivity contribution in [1.82, 2.24) is 4.98 Å². The largest absolute Gasteiger partial charge is 0.462 e. The van der Waals surface area contributed by atoms with Crippen molar-refractivity contribution in [3.63, 3.8) is 0 Å². The van der Waals surface area contributed by atoms with Gasteiger partial charge in [0.15, 0.2) is 0 Å². The van der Waals surface area contributed by atoms with Gasteiger partial charge in [0.25, 0.3) is 0 Å². The van der Waals surface area contributed by atoms with Gasteiger partial charge in [0, 0.05) is 12.6 Å². The first kappa shape index (κ1) is 18.2. The maximum atomic E-state index is 11.9. The molecule has 6 heteroatoms. The molecule has 1 aromatic heterocycles. The first-order valence-corrected chi connectivity index (χ1v) is 8.47. The van der Waals surface area contributed by atoms with Gasteiger partial charge in [-0.15, -0.1) is 0 Å². The van der Waals surface area contributed by atoms with Gasteiger partial charge < -0.3 is 9.47 Å². The zero-order chi connectivity index (χ0) is 17.6. The number of pyridine rings is 1. The number of hydrogen-bond donors (Lipinski definition) is 1. The molecule has 0 aliphatic heterocycles. The molecule has 1 aliphatic rings. The third kappa shape index (κ3) is 6.18. The fourth-order valence-electron chi connectivity index (χ4n) is 2.64. The minimum Gasteiger partial charge on any atom is -0.462 e. The molecule has 1 saturated carbocycles. The average Bonchev–Trinajstić information content (AvgIpc) is 2.97. The zero-order valence-electron chi connectivity index (χ0n) is 14.6. The fraction of sp³-hybridized carbons (Fsp3) is 0.611. The highest BCUT2D eigenvalue weighted by atomic mass is 16.6. The van der Waals surface area contributed by atoms with Gasteiger partial charge in [-0.05, 0) is 64.5 Å². The minimum atomic E-state index is -0.579. The molecule has 1 N–H and O–H groups in total. The van der Waals surface area contributed by atoms with Gasteiger partial charge in [-0.3, -0.25) is 10.1 Å². The van der Waals surface area contributed by atoms with Crippen molar-refractivity contribution in [2.24, 2.45) is 0 Å². The van der Waals surface area contributed by atoms with Crippen molar-refractivity contribution in [2.75, 3.05) is 5.32 Å². The second kappa shape index (κ2) is 8.13. The Morgan fingerprint density at radius 3 is 2.67 bits per heavy atom. The number of carbonyl (C=O) groups excluding carboxylic acids is 2. The van der Waals surface area contributed by atoms with Crippen molar-refractivity contribution in [3.05, 3.63) is 23.9 Å². The van der Waals surface area contributed by atoms with Crippen LogP contribution in [0, 0.1) is 0 Å². The van der Waals surface area contributed by atoms with Crippen molar-refractivity contribution in [2.45, 2.75) is 71.0 Å². The topological polar surface area (TPSA) is 77.5 Å². The molecule has 0 atom stereocenters. The minimum absolute atomic E-state index is 0.0748. The van der Waals surface area contributed by atoms with Crippen LogP contribution in [0.1, 0.15) is 58.4 Å². The van der Waals surface area contributed by atoms with Gasteiger partial charge in [-0.25, -0.2) is 9.78 Å². The predicted molar refractivity (Wildman–Crippen MR) is 90.8 cm³/mol. The van der Waals surface area contributed by atoms with Crippen LogP contribution in [-0.2, 0) is 20.7 Å². The highest BCUT2D eigenvalue weighted by Gasteiger charge is 2.20. The van der Waals surface area contributed by atoms with Crippen LogP contribution in [-0.4, -0.2) is 28.8 Å². The van der Waals surface area contributed by atoms with E-state index in [0.717, 1.165) is 31.2 Å². The van der Waals surface area contributed by atoms with Gasteiger partial charge in [-0.2, -0.15) is 0 Å². The SMILES string of the molecule is CC(C)(C)OC(=O)Nc1ncccc1CCC(=O)OC1CCCC1. The van der Waals surface area contributed by atoms with Crippen LogP contribution in [0.3, 0.4) is 0 Å². The van der Waals surface area contributed by atoms with Gasteiger partial charge in [0.2, 0.25) is 0 Å². The van der Waals surface area contributed by atoms with E-state index in [0.29, 0.717) is 12.2 Å². The summed E-state index contributed by atoms with van der Waals surface area (Å²) in [5.41, 5.74) is 0.205. The number of hydrogen-bond acceptors (Lipinski definition) is 5. The second-order valence-corrected chi connectivity index (χ2v) is 7.03. The number of nitrogens with zero attached hydrogens (tertiary/aromatic N) is 1. The quantitative estimate of drug-likeness (QED) is 0.828. The number of rotatable bonds is 5. The van der Waals surface area contributed by atoms with E-state index >= 15 is 0 Å². The van der Waals surface area contributed by atoms with Crippen molar-refractivity contribution < 1.29 is 19.1 Å². The Morgan fingerprint density at radius 2 is 2.00 bits per heavy atom. The van der Waals surface area contributed by atoms with E-state index in [9.17, 15) is 9.59 Å². The first-order chi connectivity index (χ1) is 11.3. The van der Waals surface area contributed by atoms with E-state index in [2.05, 4.69) is 10.3 Å². The molecular formula is C18H26N2O4. The zero-order valence-corrected chi connectivity index (χ0v) is 14.6. The molecule has 1 aromatic rings. The lowest BCUT2D eigenvalue weighted by Gasteiger charge is -2.20. The lowest BCUT2D eigenvalue weighted by atomic mass is 10.1. The molecule has 2 rings (SSSR count). The average molecular weight is 334 g/mol. The number of carbonyl (C=O) groups is 2. The number of anilines is 1. The van der Waals surface area contributed by atoms with E-state index in [4.69, 9.17) is 9.47 Å². The molecule has 0 saturated heterocycles.